The third-order valence-electron chi connectivity index (χ3n) is 4.10. The lowest BCUT2D eigenvalue weighted by atomic mass is 10.1. The van der Waals surface area contributed by atoms with Crippen molar-refractivity contribution in [1.29, 1.82) is 0 Å². The summed E-state index contributed by atoms with van der Waals surface area (Å²) in [5, 5.41) is 2.52. The van der Waals surface area contributed by atoms with Crippen LogP contribution in [0, 0.1) is 0 Å². The van der Waals surface area contributed by atoms with Gasteiger partial charge in [-0.2, -0.15) is 0 Å². The number of nitrogens with zero attached hydrogens (tertiary/aromatic N) is 3. The second kappa shape index (κ2) is 3.98. The Morgan fingerprint density at radius 3 is 2.63 bits per heavy atom. The van der Waals surface area contributed by atoms with E-state index >= 15 is 0 Å². The number of anilines is 1. The van der Waals surface area contributed by atoms with Gasteiger partial charge in [0.15, 0.2) is 0 Å². The molecule has 0 N–H and O–H groups in total. The van der Waals surface area contributed by atoms with E-state index in [4.69, 9.17) is 4.98 Å². The fraction of sp³-hybridized carbons (Fsp3) is 0.312. The average Bonchev–Trinajstić information content (AvgIpc) is 3.08. The fourth-order valence-electron chi connectivity index (χ4n) is 3.16. The molecule has 0 unspecified atom stereocenters. The van der Waals surface area contributed by atoms with Crippen molar-refractivity contribution in [1.82, 2.24) is 9.55 Å². The minimum Gasteiger partial charge on any atom is -0.356 e. The summed E-state index contributed by atoms with van der Waals surface area (Å²) in [6, 6.07) is 10.6. The van der Waals surface area contributed by atoms with Crippen LogP contribution in [0.4, 0.5) is 5.82 Å². The van der Waals surface area contributed by atoms with Crippen LogP contribution in [-0.4, -0.2) is 22.6 Å². The zero-order chi connectivity index (χ0) is 12.8. The van der Waals surface area contributed by atoms with Crippen molar-refractivity contribution in [3.05, 3.63) is 36.5 Å². The van der Waals surface area contributed by atoms with Crippen molar-refractivity contribution < 1.29 is 0 Å². The van der Waals surface area contributed by atoms with Crippen LogP contribution < -0.4 is 4.90 Å². The Labute approximate surface area is 112 Å². The van der Waals surface area contributed by atoms with Crippen LogP contribution in [0.3, 0.4) is 0 Å². The number of aromatic nitrogens is 2. The van der Waals surface area contributed by atoms with Gasteiger partial charge in [0.25, 0.3) is 0 Å². The fourth-order valence-corrected chi connectivity index (χ4v) is 3.16. The van der Waals surface area contributed by atoms with E-state index in [0.29, 0.717) is 0 Å². The van der Waals surface area contributed by atoms with Gasteiger partial charge >= 0.3 is 0 Å². The zero-order valence-electron chi connectivity index (χ0n) is 11.1. The average molecular weight is 251 g/mol. The van der Waals surface area contributed by atoms with Crippen LogP contribution in [0.15, 0.2) is 36.5 Å². The molecule has 3 aromatic rings. The molecule has 0 spiro atoms. The standard InChI is InChI=1S/C16H17N3/c1-18-11-8-13-15(18)12-6-2-3-7-14(12)17-16(13)19-9-4-5-10-19/h2-3,6-8,11H,4-5,9-10H2,1H3. The lowest BCUT2D eigenvalue weighted by molar-refractivity contribution is 0.948. The Hall–Kier alpha value is -2.03. The van der Waals surface area contributed by atoms with E-state index in [-0.39, 0.29) is 0 Å². The van der Waals surface area contributed by atoms with E-state index < -0.39 is 0 Å². The second-order valence-corrected chi connectivity index (χ2v) is 5.34. The van der Waals surface area contributed by atoms with Gasteiger partial charge in [-0.3, -0.25) is 0 Å². The van der Waals surface area contributed by atoms with E-state index in [1.807, 2.05) is 0 Å². The summed E-state index contributed by atoms with van der Waals surface area (Å²) in [4.78, 5) is 7.34. The second-order valence-electron chi connectivity index (χ2n) is 5.34. The first kappa shape index (κ1) is 10.9. The Morgan fingerprint density at radius 1 is 1.00 bits per heavy atom. The van der Waals surface area contributed by atoms with Gasteiger partial charge in [0, 0.05) is 37.1 Å². The molecular weight excluding hydrogens is 234 g/mol. The molecule has 4 rings (SSSR count). The summed E-state index contributed by atoms with van der Waals surface area (Å²) >= 11 is 0. The molecule has 0 radical (unpaired) electrons. The smallest absolute Gasteiger partial charge is 0.138 e. The number of benzene rings is 1. The maximum absolute atomic E-state index is 4.91. The third-order valence-corrected chi connectivity index (χ3v) is 4.10. The highest BCUT2D eigenvalue weighted by atomic mass is 15.2. The minimum absolute atomic E-state index is 1.10. The van der Waals surface area contributed by atoms with Gasteiger partial charge in [-0.05, 0) is 25.0 Å². The van der Waals surface area contributed by atoms with Crippen LogP contribution in [-0.2, 0) is 7.05 Å². The molecular formula is C16H17N3. The largest absolute Gasteiger partial charge is 0.356 e. The van der Waals surface area contributed by atoms with Crippen molar-refractivity contribution in [3.63, 3.8) is 0 Å². The maximum atomic E-state index is 4.91. The number of hydrogen-bond acceptors (Lipinski definition) is 2. The lowest BCUT2D eigenvalue weighted by Crippen LogP contribution is -2.19. The summed E-state index contributed by atoms with van der Waals surface area (Å²) in [5.74, 6) is 1.16. The van der Waals surface area contributed by atoms with Crippen molar-refractivity contribution in [3.8, 4) is 0 Å². The first-order valence-electron chi connectivity index (χ1n) is 6.93. The SMILES string of the molecule is Cn1ccc2c(N3CCCC3)nc3ccccc3c21. The number of hydrogen-bond donors (Lipinski definition) is 0. The normalized spacial score (nSPS) is 15.7. The molecule has 96 valence electrons. The predicted octanol–water partition coefficient (Wildman–Crippen LogP) is 3.33. The highest BCUT2D eigenvalue weighted by Gasteiger charge is 2.19. The number of fused-ring (bicyclic) bond motifs is 3. The van der Waals surface area contributed by atoms with Gasteiger partial charge < -0.3 is 9.47 Å². The number of rotatable bonds is 1. The molecule has 2 aromatic heterocycles. The molecule has 3 nitrogen and oxygen atoms in total. The molecule has 1 aromatic carbocycles. The molecule has 1 fully saturated rings. The first-order chi connectivity index (χ1) is 9.34. The number of pyridine rings is 1. The van der Waals surface area contributed by atoms with Gasteiger partial charge in [-0.1, -0.05) is 18.2 Å². The summed E-state index contributed by atoms with van der Waals surface area (Å²) in [6.07, 6.45) is 4.70. The Bertz CT molecular complexity index is 751. The highest BCUT2D eigenvalue weighted by Crippen LogP contribution is 2.33. The van der Waals surface area contributed by atoms with Crippen LogP contribution in [0.2, 0.25) is 0 Å². The summed E-state index contributed by atoms with van der Waals surface area (Å²) in [7, 11) is 2.11. The highest BCUT2D eigenvalue weighted by molar-refractivity contribution is 6.08. The lowest BCUT2D eigenvalue weighted by Gasteiger charge is -2.18. The van der Waals surface area contributed by atoms with Gasteiger partial charge in [0.2, 0.25) is 0 Å². The molecule has 0 atom stereocenters. The topological polar surface area (TPSA) is 21.1 Å². The van der Waals surface area contributed by atoms with Crippen LogP contribution >= 0.6 is 0 Å². The van der Waals surface area contributed by atoms with Gasteiger partial charge in [-0.25, -0.2) is 4.98 Å². The van der Waals surface area contributed by atoms with E-state index in [9.17, 15) is 0 Å². The molecule has 1 saturated heterocycles. The molecule has 0 amide bonds. The monoisotopic (exact) mass is 251 g/mol. The molecule has 1 aliphatic heterocycles. The maximum Gasteiger partial charge on any atom is 0.138 e. The van der Waals surface area contributed by atoms with Crippen LogP contribution in [0.1, 0.15) is 12.8 Å². The Morgan fingerprint density at radius 2 is 1.79 bits per heavy atom. The Kier molecular flexibility index (Phi) is 2.28. The van der Waals surface area contributed by atoms with Crippen molar-refractivity contribution in [2.45, 2.75) is 12.8 Å². The predicted molar refractivity (Wildman–Crippen MR) is 79.7 cm³/mol. The molecule has 19 heavy (non-hydrogen) atoms. The van der Waals surface area contributed by atoms with Crippen molar-refractivity contribution >= 4 is 27.6 Å². The zero-order valence-corrected chi connectivity index (χ0v) is 11.1. The summed E-state index contributed by atoms with van der Waals surface area (Å²) in [6.45, 7) is 2.27. The van der Waals surface area contributed by atoms with E-state index in [0.717, 1.165) is 24.4 Å². The molecule has 3 heteroatoms. The molecule has 3 heterocycles. The van der Waals surface area contributed by atoms with E-state index in [1.165, 1.54) is 29.1 Å². The van der Waals surface area contributed by atoms with E-state index in [1.54, 1.807) is 0 Å². The van der Waals surface area contributed by atoms with Gasteiger partial charge in [0.05, 0.1) is 11.0 Å². The first-order valence-corrected chi connectivity index (χ1v) is 6.93. The third kappa shape index (κ3) is 1.54. The van der Waals surface area contributed by atoms with Gasteiger partial charge in [0.1, 0.15) is 5.82 Å². The molecule has 0 saturated carbocycles. The summed E-state index contributed by atoms with van der Waals surface area (Å²) < 4.78 is 2.21. The number of para-hydroxylation sites is 1. The van der Waals surface area contributed by atoms with Crippen LogP contribution in [0.25, 0.3) is 21.8 Å². The quantitative estimate of drug-likeness (QED) is 0.661. The van der Waals surface area contributed by atoms with Crippen LogP contribution in [0.5, 0.6) is 0 Å². The Balaban J connectivity index is 2.10. The molecule has 0 aliphatic carbocycles. The number of aryl methyl sites for hydroxylation is 1. The summed E-state index contributed by atoms with van der Waals surface area (Å²) in [5.41, 5.74) is 2.39. The van der Waals surface area contributed by atoms with E-state index in [2.05, 4.69) is 53.0 Å². The van der Waals surface area contributed by atoms with Crippen molar-refractivity contribution in [2.24, 2.45) is 7.05 Å². The van der Waals surface area contributed by atoms with Gasteiger partial charge in [-0.15, -0.1) is 0 Å². The minimum atomic E-state index is 1.10. The van der Waals surface area contributed by atoms with Crippen molar-refractivity contribution in [2.75, 3.05) is 18.0 Å². The molecule has 1 aliphatic rings. The molecule has 0 bridgehead atoms.